The fraction of sp³-hybridized carbons (Fsp3) is 0.308. The van der Waals surface area contributed by atoms with Gasteiger partial charge in [0.25, 0.3) is 5.91 Å². The van der Waals surface area contributed by atoms with Gasteiger partial charge in [-0.3, -0.25) is 14.4 Å². The van der Waals surface area contributed by atoms with Gasteiger partial charge in [0.1, 0.15) is 0 Å². The number of anilines is 1. The number of nitrogens with one attached hydrogen (secondary N) is 3. The Balaban J connectivity index is 1.76. The van der Waals surface area contributed by atoms with Crippen LogP contribution in [0.25, 0.3) is 0 Å². The molecule has 1 aromatic carbocycles. The Morgan fingerprint density at radius 1 is 1.30 bits per heavy atom. The van der Waals surface area contributed by atoms with Crippen LogP contribution in [0.15, 0.2) is 24.3 Å². The molecular weight excluding hydrogens is 260 g/mol. The molecule has 7 nitrogen and oxygen atoms in total. The summed E-state index contributed by atoms with van der Waals surface area (Å²) in [5, 5.41) is 7.79. The zero-order chi connectivity index (χ0) is 14.5. The quantitative estimate of drug-likeness (QED) is 0.528. The van der Waals surface area contributed by atoms with Gasteiger partial charge in [0, 0.05) is 24.2 Å². The van der Waals surface area contributed by atoms with E-state index >= 15 is 0 Å². The van der Waals surface area contributed by atoms with Crippen molar-refractivity contribution in [1.29, 1.82) is 0 Å². The molecular formula is C13H16N4O3. The number of hydrogen-bond donors (Lipinski definition) is 4. The number of amides is 3. The molecule has 1 heterocycles. The fourth-order valence-corrected chi connectivity index (χ4v) is 1.88. The number of nitrogen functional groups attached to an aromatic ring is 1. The van der Waals surface area contributed by atoms with Crippen LogP contribution in [-0.4, -0.2) is 36.9 Å². The molecule has 2 rings (SSSR count). The molecule has 106 valence electrons. The second-order valence-electron chi connectivity index (χ2n) is 4.58. The number of rotatable bonds is 4. The van der Waals surface area contributed by atoms with Gasteiger partial charge in [-0.05, 0) is 24.3 Å². The highest BCUT2D eigenvalue weighted by atomic mass is 16.2. The van der Waals surface area contributed by atoms with Crippen molar-refractivity contribution in [2.45, 2.75) is 12.5 Å². The predicted octanol–water partition coefficient (Wildman–Crippen LogP) is -0.997. The Kier molecular flexibility index (Phi) is 4.19. The van der Waals surface area contributed by atoms with Crippen LogP contribution in [-0.2, 0) is 9.59 Å². The summed E-state index contributed by atoms with van der Waals surface area (Å²) in [5.74, 6) is -0.753. The topological polar surface area (TPSA) is 113 Å². The standard InChI is InChI=1S/C13H16N4O3/c14-9-3-1-8(2-4-9)13(20)16-7-12(19)17-10-5-11(18)15-6-10/h1-4,10H,5-7,14H2,(H,15,18)(H,16,20)(H,17,19). The van der Waals surface area contributed by atoms with Crippen molar-refractivity contribution < 1.29 is 14.4 Å². The van der Waals surface area contributed by atoms with Gasteiger partial charge in [-0.15, -0.1) is 0 Å². The first-order valence-electron chi connectivity index (χ1n) is 6.24. The first-order valence-corrected chi connectivity index (χ1v) is 6.24. The van der Waals surface area contributed by atoms with Crippen molar-refractivity contribution in [2.24, 2.45) is 0 Å². The van der Waals surface area contributed by atoms with Gasteiger partial charge in [0.2, 0.25) is 11.8 Å². The van der Waals surface area contributed by atoms with E-state index in [1.165, 1.54) is 0 Å². The van der Waals surface area contributed by atoms with Gasteiger partial charge in [0.15, 0.2) is 0 Å². The van der Waals surface area contributed by atoms with Crippen LogP contribution in [0, 0.1) is 0 Å². The minimum absolute atomic E-state index is 0.0822. The maximum absolute atomic E-state index is 11.8. The normalized spacial score (nSPS) is 17.4. The molecule has 5 N–H and O–H groups in total. The summed E-state index contributed by atoms with van der Waals surface area (Å²) in [6, 6.07) is 6.20. The molecule has 7 heteroatoms. The molecule has 1 aromatic rings. The molecule has 1 aliphatic heterocycles. The molecule has 0 spiro atoms. The number of hydrogen-bond acceptors (Lipinski definition) is 4. The van der Waals surface area contributed by atoms with Crippen LogP contribution in [0.2, 0.25) is 0 Å². The highest BCUT2D eigenvalue weighted by molar-refractivity contribution is 5.96. The molecule has 0 bridgehead atoms. The van der Waals surface area contributed by atoms with Crippen molar-refractivity contribution in [3.8, 4) is 0 Å². The van der Waals surface area contributed by atoms with E-state index in [1.807, 2.05) is 0 Å². The molecule has 20 heavy (non-hydrogen) atoms. The molecule has 1 fully saturated rings. The molecule has 1 aliphatic rings. The molecule has 0 radical (unpaired) electrons. The van der Waals surface area contributed by atoms with E-state index in [0.717, 1.165) is 0 Å². The van der Waals surface area contributed by atoms with Crippen molar-refractivity contribution in [3.05, 3.63) is 29.8 Å². The third kappa shape index (κ3) is 3.71. The van der Waals surface area contributed by atoms with Crippen LogP contribution < -0.4 is 21.7 Å². The summed E-state index contributed by atoms with van der Waals surface area (Å²) >= 11 is 0. The van der Waals surface area contributed by atoms with E-state index in [4.69, 9.17) is 5.73 Å². The van der Waals surface area contributed by atoms with Crippen LogP contribution >= 0.6 is 0 Å². The van der Waals surface area contributed by atoms with Gasteiger partial charge in [-0.25, -0.2) is 0 Å². The third-order valence-corrected chi connectivity index (χ3v) is 2.92. The van der Waals surface area contributed by atoms with Crippen LogP contribution in [0.5, 0.6) is 0 Å². The zero-order valence-electron chi connectivity index (χ0n) is 10.8. The number of benzene rings is 1. The SMILES string of the molecule is Nc1ccc(C(=O)NCC(=O)NC2CNC(=O)C2)cc1. The summed E-state index contributed by atoms with van der Waals surface area (Å²) < 4.78 is 0. The minimum Gasteiger partial charge on any atom is -0.399 e. The number of carbonyl (C=O) groups excluding carboxylic acids is 3. The maximum Gasteiger partial charge on any atom is 0.251 e. The molecule has 1 unspecified atom stereocenters. The lowest BCUT2D eigenvalue weighted by Crippen LogP contribution is -2.42. The van der Waals surface area contributed by atoms with Gasteiger partial charge < -0.3 is 21.7 Å². The Morgan fingerprint density at radius 3 is 2.60 bits per heavy atom. The number of carbonyl (C=O) groups is 3. The molecule has 0 aromatic heterocycles. The first kappa shape index (κ1) is 13.9. The molecule has 0 aliphatic carbocycles. The fourth-order valence-electron chi connectivity index (χ4n) is 1.88. The maximum atomic E-state index is 11.8. The average molecular weight is 276 g/mol. The summed E-state index contributed by atoms with van der Waals surface area (Å²) in [7, 11) is 0. The predicted molar refractivity (Wildman–Crippen MR) is 72.7 cm³/mol. The van der Waals surface area contributed by atoms with E-state index in [0.29, 0.717) is 17.8 Å². The average Bonchev–Trinajstić information content (AvgIpc) is 2.82. The van der Waals surface area contributed by atoms with E-state index in [-0.39, 0.29) is 36.7 Å². The molecule has 3 amide bonds. The Hall–Kier alpha value is -2.57. The highest BCUT2D eigenvalue weighted by Crippen LogP contribution is 2.05. The van der Waals surface area contributed by atoms with Gasteiger partial charge in [-0.1, -0.05) is 0 Å². The lowest BCUT2D eigenvalue weighted by Gasteiger charge is -2.11. The second kappa shape index (κ2) is 6.05. The Morgan fingerprint density at radius 2 is 2.00 bits per heavy atom. The van der Waals surface area contributed by atoms with Gasteiger partial charge in [-0.2, -0.15) is 0 Å². The van der Waals surface area contributed by atoms with Crippen molar-refractivity contribution in [3.63, 3.8) is 0 Å². The summed E-state index contributed by atoms with van der Waals surface area (Å²) in [6.07, 6.45) is 0.275. The summed E-state index contributed by atoms with van der Waals surface area (Å²) in [5.41, 5.74) is 6.52. The Bertz CT molecular complexity index is 527. The summed E-state index contributed by atoms with van der Waals surface area (Å²) in [4.78, 5) is 34.3. The lowest BCUT2D eigenvalue weighted by molar-refractivity contribution is -0.120. The van der Waals surface area contributed by atoms with Crippen LogP contribution in [0.3, 0.4) is 0 Å². The van der Waals surface area contributed by atoms with Crippen LogP contribution in [0.1, 0.15) is 16.8 Å². The largest absolute Gasteiger partial charge is 0.399 e. The van der Waals surface area contributed by atoms with Crippen molar-refractivity contribution >= 4 is 23.4 Å². The molecule has 1 saturated heterocycles. The second-order valence-corrected chi connectivity index (χ2v) is 4.58. The zero-order valence-corrected chi connectivity index (χ0v) is 10.8. The van der Waals surface area contributed by atoms with E-state index in [2.05, 4.69) is 16.0 Å². The van der Waals surface area contributed by atoms with Crippen LogP contribution in [0.4, 0.5) is 5.69 Å². The third-order valence-electron chi connectivity index (χ3n) is 2.92. The smallest absolute Gasteiger partial charge is 0.251 e. The lowest BCUT2D eigenvalue weighted by atomic mass is 10.2. The molecule has 1 atom stereocenters. The Labute approximate surface area is 115 Å². The van der Waals surface area contributed by atoms with Crippen molar-refractivity contribution in [1.82, 2.24) is 16.0 Å². The van der Waals surface area contributed by atoms with Gasteiger partial charge >= 0.3 is 0 Å². The number of nitrogens with two attached hydrogens (primary N) is 1. The van der Waals surface area contributed by atoms with E-state index in [1.54, 1.807) is 24.3 Å². The van der Waals surface area contributed by atoms with Gasteiger partial charge in [0.05, 0.1) is 12.6 Å². The minimum atomic E-state index is -0.347. The molecule has 0 saturated carbocycles. The summed E-state index contributed by atoms with van der Waals surface area (Å²) in [6.45, 7) is 0.296. The monoisotopic (exact) mass is 276 g/mol. The van der Waals surface area contributed by atoms with E-state index in [9.17, 15) is 14.4 Å². The first-order chi connectivity index (χ1) is 9.54. The highest BCUT2D eigenvalue weighted by Gasteiger charge is 2.22. The van der Waals surface area contributed by atoms with Crippen molar-refractivity contribution in [2.75, 3.05) is 18.8 Å². The van der Waals surface area contributed by atoms with E-state index < -0.39 is 0 Å².